The molecule has 0 saturated heterocycles. The van der Waals surface area contributed by atoms with E-state index in [1.54, 1.807) is 12.1 Å². The molecule has 0 aromatic heterocycles. The van der Waals surface area contributed by atoms with Crippen molar-refractivity contribution in [1.29, 1.82) is 0 Å². The second-order valence-electron chi connectivity index (χ2n) is 4.58. The first kappa shape index (κ1) is 16.6. The summed E-state index contributed by atoms with van der Waals surface area (Å²) in [7, 11) is 0. The third-order valence-corrected chi connectivity index (χ3v) is 4.28. The predicted octanol–water partition coefficient (Wildman–Crippen LogP) is 5.43. The van der Waals surface area contributed by atoms with Gasteiger partial charge in [-0.1, -0.05) is 45.2 Å². The summed E-state index contributed by atoms with van der Waals surface area (Å²) in [6, 6.07) is 11.0. The summed E-state index contributed by atoms with van der Waals surface area (Å²) in [5, 5.41) is 11.5. The number of aliphatic hydroxyl groups is 1. The maximum absolute atomic E-state index is 10.5. The van der Waals surface area contributed by atoms with Gasteiger partial charge in [0.25, 0.3) is 0 Å². The normalized spacial score (nSPS) is 12.2. The van der Waals surface area contributed by atoms with Gasteiger partial charge in [-0.3, -0.25) is 0 Å². The van der Waals surface area contributed by atoms with Crippen molar-refractivity contribution < 1.29 is 9.84 Å². The Bertz CT molecular complexity index is 632. The van der Waals surface area contributed by atoms with Crippen LogP contribution in [0.1, 0.15) is 24.2 Å². The van der Waals surface area contributed by atoms with E-state index in [0.717, 1.165) is 15.6 Å². The summed E-state index contributed by atoms with van der Waals surface area (Å²) >= 11 is 15.3. The Labute approximate surface area is 142 Å². The molecule has 5 heteroatoms. The number of ether oxygens (including phenoxy) is 1. The molecule has 112 valence electrons. The average molecular weight is 390 g/mol. The van der Waals surface area contributed by atoms with Crippen LogP contribution < -0.4 is 4.74 Å². The molecule has 1 unspecified atom stereocenters. The fraction of sp³-hybridized carbons (Fsp3) is 0.250. The number of aliphatic hydroxyl groups excluding tert-OH is 1. The van der Waals surface area contributed by atoms with Crippen LogP contribution in [0.4, 0.5) is 0 Å². The van der Waals surface area contributed by atoms with E-state index in [0.29, 0.717) is 28.8 Å². The molecule has 1 atom stereocenters. The first-order valence-corrected chi connectivity index (χ1v) is 8.10. The lowest BCUT2D eigenvalue weighted by atomic mass is 10.0. The smallest absolute Gasteiger partial charge is 0.125 e. The molecule has 0 aliphatic heterocycles. The lowest BCUT2D eigenvalue weighted by Crippen LogP contribution is -2.05. The van der Waals surface area contributed by atoms with Crippen molar-refractivity contribution in [2.45, 2.75) is 19.4 Å². The molecule has 0 bridgehead atoms. The second-order valence-corrected chi connectivity index (χ2v) is 6.31. The molecule has 2 aromatic rings. The Morgan fingerprint density at radius 1 is 1.14 bits per heavy atom. The van der Waals surface area contributed by atoms with Crippen molar-refractivity contribution in [1.82, 2.24) is 0 Å². The Morgan fingerprint density at radius 2 is 1.90 bits per heavy atom. The van der Waals surface area contributed by atoms with Crippen LogP contribution in [0.25, 0.3) is 0 Å². The molecule has 21 heavy (non-hydrogen) atoms. The molecular weight excluding hydrogens is 375 g/mol. The molecule has 0 saturated carbocycles. The standard InChI is InChI=1S/C16H15BrCl2O2/c1-2-21-16-6-4-11(17)9-12(16)15(20)8-10-3-5-13(18)14(19)7-10/h3-7,9,15,20H,2,8H2,1H3. The van der Waals surface area contributed by atoms with Crippen LogP contribution in [0.5, 0.6) is 5.75 Å². The van der Waals surface area contributed by atoms with Gasteiger partial charge in [0.2, 0.25) is 0 Å². The molecule has 0 radical (unpaired) electrons. The van der Waals surface area contributed by atoms with E-state index >= 15 is 0 Å². The molecule has 2 aromatic carbocycles. The Kier molecular flexibility index (Phi) is 5.94. The largest absolute Gasteiger partial charge is 0.493 e. The number of halogens is 3. The van der Waals surface area contributed by atoms with Crippen molar-refractivity contribution in [3.8, 4) is 5.75 Å². The highest BCUT2D eigenvalue weighted by molar-refractivity contribution is 9.10. The van der Waals surface area contributed by atoms with Gasteiger partial charge >= 0.3 is 0 Å². The van der Waals surface area contributed by atoms with E-state index in [-0.39, 0.29) is 0 Å². The fourth-order valence-electron chi connectivity index (χ4n) is 2.07. The summed E-state index contributed by atoms with van der Waals surface area (Å²) in [5.74, 6) is 0.688. The SMILES string of the molecule is CCOc1ccc(Br)cc1C(O)Cc1ccc(Cl)c(Cl)c1. The Hall–Kier alpha value is -0.740. The minimum absolute atomic E-state index is 0.438. The van der Waals surface area contributed by atoms with E-state index in [1.807, 2.05) is 31.2 Å². The van der Waals surface area contributed by atoms with E-state index < -0.39 is 6.10 Å². The second kappa shape index (κ2) is 7.50. The van der Waals surface area contributed by atoms with Crippen molar-refractivity contribution in [3.63, 3.8) is 0 Å². The summed E-state index contributed by atoms with van der Waals surface area (Å²) in [6.07, 6.45) is -0.241. The average Bonchev–Trinajstić information content (AvgIpc) is 2.45. The zero-order chi connectivity index (χ0) is 15.4. The van der Waals surface area contributed by atoms with Gasteiger partial charge in [-0.25, -0.2) is 0 Å². The molecule has 0 fully saturated rings. The quantitative estimate of drug-likeness (QED) is 0.738. The Morgan fingerprint density at radius 3 is 2.57 bits per heavy atom. The van der Waals surface area contributed by atoms with Crippen LogP contribution in [0.3, 0.4) is 0 Å². The monoisotopic (exact) mass is 388 g/mol. The van der Waals surface area contributed by atoms with Crippen LogP contribution in [0.2, 0.25) is 10.0 Å². The van der Waals surface area contributed by atoms with E-state index in [1.165, 1.54) is 0 Å². The lowest BCUT2D eigenvalue weighted by Gasteiger charge is -2.16. The highest BCUT2D eigenvalue weighted by atomic mass is 79.9. The minimum Gasteiger partial charge on any atom is -0.493 e. The molecule has 0 aliphatic rings. The summed E-state index contributed by atoms with van der Waals surface area (Å²) in [6.45, 7) is 2.46. The molecule has 0 amide bonds. The highest BCUT2D eigenvalue weighted by Gasteiger charge is 2.15. The zero-order valence-corrected chi connectivity index (χ0v) is 14.5. The van der Waals surface area contributed by atoms with Crippen LogP contribution >= 0.6 is 39.1 Å². The third kappa shape index (κ3) is 4.36. The molecule has 2 nitrogen and oxygen atoms in total. The maximum atomic E-state index is 10.5. The van der Waals surface area contributed by atoms with Crippen LogP contribution in [0.15, 0.2) is 40.9 Å². The number of hydrogen-bond donors (Lipinski definition) is 1. The maximum Gasteiger partial charge on any atom is 0.125 e. The van der Waals surface area contributed by atoms with Gasteiger partial charge in [0.15, 0.2) is 0 Å². The topological polar surface area (TPSA) is 29.5 Å². The lowest BCUT2D eigenvalue weighted by molar-refractivity contribution is 0.172. The van der Waals surface area contributed by atoms with E-state index in [9.17, 15) is 5.11 Å². The van der Waals surface area contributed by atoms with E-state index in [2.05, 4.69) is 15.9 Å². The van der Waals surface area contributed by atoms with Crippen molar-refractivity contribution in [2.24, 2.45) is 0 Å². The van der Waals surface area contributed by atoms with Crippen LogP contribution in [0, 0.1) is 0 Å². The third-order valence-electron chi connectivity index (χ3n) is 3.04. The van der Waals surface area contributed by atoms with Crippen molar-refractivity contribution in [3.05, 3.63) is 62.0 Å². The number of hydrogen-bond acceptors (Lipinski definition) is 2. The summed E-state index contributed by atoms with van der Waals surface area (Å²) in [4.78, 5) is 0. The van der Waals surface area contributed by atoms with Crippen LogP contribution in [-0.4, -0.2) is 11.7 Å². The molecule has 1 N–H and O–H groups in total. The van der Waals surface area contributed by atoms with Gasteiger partial charge in [0, 0.05) is 16.5 Å². The molecule has 0 spiro atoms. The van der Waals surface area contributed by atoms with Gasteiger partial charge in [-0.05, 0) is 42.8 Å². The summed E-state index contributed by atoms with van der Waals surface area (Å²) < 4.78 is 6.46. The molecule has 0 heterocycles. The summed E-state index contributed by atoms with van der Waals surface area (Å²) in [5.41, 5.74) is 1.66. The first-order valence-electron chi connectivity index (χ1n) is 6.55. The van der Waals surface area contributed by atoms with Gasteiger partial charge in [0.05, 0.1) is 22.8 Å². The zero-order valence-electron chi connectivity index (χ0n) is 11.4. The van der Waals surface area contributed by atoms with E-state index in [4.69, 9.17) is 27.9 Å². The molecule has 2 rings (SSSR count). The van der Waals surface area contributed by atoms with Crippen LogP contribution in [-0.2, 0) is 6.42 Å². The van der Waals surface area contributed by atoms with Gasteiger partial charge < -0.3 is 9.84 Å². The van der Waals surface area contributed by atoms with Gasteiger partial charge in [0.1, 0.15) is 5.75 Å². The highest BCUT2D eigenvalue weighted by Crippen LogP contribution is 2.32. The number of benzene rings is 2. The molecule has 0 aliphatic carbocycles. The fourth-order valence-corrected chi connectivity index (χ4v) is 2.77. The van der Waals surface area contributed by atoms with Gasteiger partial charge in [-0.2, -0.15) is 0 Å². The molecular formula is C16H15BrCl2O2. The van der Waals surface area contributed by atoms with Crippen molar-refractivity contribution in [2.75, 3.05) is 6.61 Å². The first-order chi connectivity index (χ1) is 10.0. The van der Waals surface area contributed by atoms with Crippen molar-refractivity contribution >= 4 is 39.1 Å². The Balaban J connectivity index is 2.24. The number of rotatable bonds is 5. The minimum atomic E-state index is -0.679. The van der Waals surface area contributed by atoms with Gasteiger partial charge in [-0.15, -0.1) is 0 Å². The predicted molar refractivity (Wildman–Crippen MR) is 90.4 cm³/mol.